The Morgan fingerprint density at radius 2 is 2.04 bits per heavy atom. The van der Waals surface area contributed by atoms with E-state index in [4.69, 9.17) is 0 Å². The van der Waals surface area contributed by atoms with Crippen molar-refractivity contribution in [1.29, 1.82) is 0 Å². The number of rotatable bonds is 2. The third-order valence-corrected chi connectivity index (χ3v) is 5.42. The molecule has 0 radical (unpaired) electrons. The van der Waals surface area contributed by atoms with Crippen molar-refractivity contribution in [1.82, 2.24) is 14.5 Å². The first-order valence-corrected chi connectivity index (χ1v) is 8.77. The molecule has 0 aliphatic carbocycles. The van der Waals surface area contributed by atoms with Gasteiger partial charge in [0.05, 0.1) is 18.1 Å². The van der Waals surface area contributed by atoms with E-state index in [2.05, 4.69) is 32.7 Å². The zero-order chi connectivity index (χ0) is 16.7. The number of carbonyl (C=O) groups is 1. The molecule has 3 heterocycles. The second kappa shape index (κ2) is 6.06. The van der Waals surface area contributed by atoms with Crippen molar-refractivity contribution < 1.29 is 4.79 Å². The lowest BCUT2D eigenvalue weighted by atomic mass is 10.0. The Hall–Kier alpha value is -2.14. The summed E-state index contributed by atoms with van der Waals surface area (Å²) in [6, 6.07) is 8.18. The molecule has 2 aliphatic rings. The number of para-hydroxylation sites is 1. The summed E-state index contributed by atoms with van der Waals surface area (Å²) in [6.07, 6.45) is 4.94. The van der Waals surface area contributed by atoms with Gasteiger partial charge in [-0.25, -0.2) is 4.98 Å². The molecule has 5 nitrogen and oxygen atoms in total. The van der Waals surface area contributed by atoms with Crippen LogP contribution in [0, 0.1) is 0 Å². The average Bonchev–Trinajstić information content (AvgIpc) is 3.00. The van der Waals surface area contributed by atoms with Crippen LogP contribution in [0.3, 0.4) is 0 Å². The Kier molecular flexibility index (Phi) is 3.88. The lowest BCUT2D eigenvalue weighted by molar-refractivity contribution is -0.123. The molecule has 1 aromatic carbocycles. The number of hydrogen-bond acceptors (Lipinski definition) is 3. The van der Waals surface area contributed by atoms with E-state index in [0.717, 1.165) is 50.3 Å². The Morgan fingerprint density at radius 1 is 1.21 bits per heavy atom. The van der Waals surface area contributed by atoms with Crippen LogP contribution >= 0.6 is 0 Å². The number of amides is 1. The molecule has 0 spiro atoms. The highest BCUT2D eigenvalue weighted by molar-refractivity contribution is 5.98. The molecule has 0 saturated carbocycles. The topological polar surface area (TPSA) is 41.4 Å². The van der Waals surface area contributed by atoms with Crippen molar-refractivity contribution in [3.8, 4) is 0 Å². The van der Waals surface area contributed by atoms with Crippen molar-refractivity contribution in [3.05, 3.63) is 47.5 Å². The van der Waals surface area contributed by atoms with E-state index in [-0.39, 0.29) is 11.9 Å². The lowest BCUT2D eigenvalue weighted by Crippen LogP contribution is -2.50. The van der Waals surface area contributed by atoms with Gasteiger partial charge >= 0.3 is 0 Å². The molecule has 1 amide bonds. The van der Waals surface area contributed by atoms with Crippen molar-refractivity contribution in [2.45, 2.75) is 38.8 Å². The Morgan fingerprint density at radius 3 is 2.92 bits per heavy atom. The van der Waals surface area contributed by atoms with E-state index in [1.54, 1.807) is 0 Å². The van der Waals surface area contributed by atoms with Gasteiger partial charge in [0.2, 0.25) is 5.91 Å². The minimum absolute atomic E-state index is 0.119. The highest BCUT2D eigenvalue weighted by atomic mass is 16.2. The Labute approximate surface area is 142 Å². The largest absolute Gasteiger partial charge is 0.337 e. The van der Waals surface area contributed by atoms with E-state index in [1.165, 1.54) is 11.3 Å². The van der Waals surface area contributed by atoms with Gasteiger partial charge in [-0.15, -0.1) is 0 Å². The Bertz CT molecular complexity index is 766. The van der Waals surface area contributed by atoms with E-state index < -0.39 is 0 Å². The minimum atomic E-state index is -0.119. The van der Waals surface area contributed by atoms with Gasteiger partial charge in [-0.1, -0.05) is 18.2 Å². The van der Waals surface area contributed by atoms with Crippen molar-refractivity contribution in [2.75, 3.05) is 18.0 Å². The van der Waals surface area contributed by atoms with Gasteiger partial charge in [0.25, 0.3) is 0 Å². The summed E-state index contributed by atoms with van der Waals surface area (Å²) in [4.78, 5) is 21.9. The van der Waals surface area contributed by atoms with Gasteiger partial charge in [-0.05, 0) is 31.4 Å². The second-order valence-electron chi connectivity index (χ2n) is 6.87. The van der Waals surface area contributed by atoms with E-state index in [0.29, 0.717) is 0 Å². The molecular formula is C19H24N4O. The third kappa shape index (κ3) is 2.53. The molecule has 126 valence electrons. The molecule has 5 heteroatoms. The standard InChI is InChI=1S/C19H24N4O/c1-14(22-11-9-18-16(12-22)20-13-21(18)2)19(24)23-10-5-7-15-6-3-4-8-17(15)23/h3-4,6,8,13-14H,5,7,9-12H2,1-2H3/t14-/m1/s1. The number of fused-ring (bicyclic) bond motifs is 2. The van der Waals surface area contributed by atoms with E-state index in [1.807, 2.05) is 31.3 Å². The van der Waals surface area contributed by atoms with E-state index >= 15 is 0 Å². The van der Waals surface area contributed by atoms with Crippen LogP contribution in [-0.4, -0.2) is 39.5 Å². The summed E-state index contributed by atoms with van der Waals surface area (Å²) in [5.74, 6) is 0.210. The Balaban J connectivity index is 1.53. The quantitative estimate of drug-likeness (QED) is 0.850. The number of aromatic nitrogens is 2. The van der Waals surface area contributed by atoms with Crippen LogP contribution in [0.4, 0.5) is 5.69 Å². The fraction of sp³-hybridized carbons (Fsp3) is 0.474. The van der Waals surface area contributed by atoms with Crippen LogP contribution in [0.5, 0.6) is 0 Å². The highest BCUT2D eigenvalue weighted by Crippen LogP contribution is 2.28. The molecule has 0 saturated heterocycles. The molecular weight excluding hydrogens is 300 g/mol. The van der Waals surface area contributed by atoms with Crippen LogP contribution in [0.25, 0.3) is 0 Å². The summed E-state index contributed by atoms with van der Waals surface area (Å²) >= 11 is 0. The molecule has 2 aliphatic heterocycles. The van der Waals surface area contributed by atoms with Gasteiger partial charge < -0.3 is 9.47 Å². The number of nitrogens with zero attached hydrogens (tertiary/aromatic N) is 4. The van der Waals surface area contributed by atoms with Crippen molar-refractivity contribution in [2.24, 2.45) is 7.05 Å². The summed E-state index contributed by atoms with van der Waals surface area (Å²) in [5.41, 5.74) is 4.79. The van der Waals surface area contributed by atoms with Gasteiger partial charge in [0, 0.05) is 44.5 Å². The molecule has 2 aromatic rings. The van der Waals surface area contributed by atoms with Gasteiger partial charge in [0.15, 0.2) is 0 Å². The van der Waals surface area contributed by atoms with E-state index in [9.17, 15) is 4.79 Å². The molecule has 0 N–H and O–H groups in total. The maximum Gasteiger partial charge on any atom is 0.244 e. The third-order valence-electron chi connectivity index (χ3n) is 5.42. The number of aryl methyl sites for hydroxylation is 2. The first kappa shape index (κ1) is 15.4. The summed E-state index contributed by atoms with van der Waals surface area (Å²) in [5, 5.41) is 0. The number of benzene rings is 1. The zero-order valence-electron chi connectivity index (χ0n) is 14.4. The predicted molar refractivity (Wildman–Crippen MR) is 93.9 cm³/mol. The average molecular weight is 324 g/mol. The maximum absolute atomic E-state index is 13.1. The van der Waals surface area contributed by atoms with Gasteiger partial charge in [-0.2, -0.15) is 0 Å². The normalized spacial score (nSPS) is 18.8. The van der Waals surface area contributed by atoms with Gasteiger partial charge in [-0.3, -0.25) is 9.69 Å². The molecule has 0 bridgehead atoms. The predicted octanol–water partition coefficient (Wildman–Crippen LogP) is 2.15. The molecule has 24 heavy (non-hydrogen) atoms. The van der Waals surface area contributed by atoms with Crippen LogP contribution in [0.2, 0.25) is 0 Å². The molecule has 4 rings (SSSR count). The number of carbonyl (C=O) groups excluding carboxylic acids is 1. The molecule has 1 atom stereocenters. The van der Waals surface area contributed by atoms with Crippen molar-refractivity contribution in [3.63, 3.8) is 0 Å². The van der Waals surface area contributed by atoms with Crippen LogP contribution in [-0.2, 0) is 31.2 Å². The summed E-state index contributed by atoms with van der Waals surface area (Å²) in [7, 11) is 2.04. The van der Waals surface area contributed by atoms with Crippen LogP contribution < -0.4 is 4.90 Å². The van der Waals surface area contributed by atoms with Crippen LogP contribution in [0.15, 0.2) is 30.6 Å². The fourth-order valence-corrected chi connectivity index (χ4v) is 3.95. The number of hydrogen-bond donors (Lipinski definition) is 0. The maximum atomic E-state index is 13.1. The van der Waals surface area contributed by atoms with Crippen molar-refractivity contribution >= 4 is 11.6 Å². The van der Waals surface area contributed by atoms with Gasteiger partial charge in [0.1, 0.15) is 0 Å². The first-order valence-electron chi connectivity index (χ1n) is 8.77. The zero-order valence-corrected chi connectivity index (χ0v) is 14.4. The fourth-order valence-electron chi connectivity index (χ4n) is 3.95. The molecule has 1 aromatic heterocycles. The minimum Gasteiger partial charge on any atom is -0.337 e. The number of imidazole rings is 1. The molecule has 0 fully saturated rings. The lowest BCUT2D eigenvalue weighted by Gasteiger charge is -2.36. The van der Waals surface area contributed by atoms with Crippen LogP contribution in [0.1, 0.15) is 30.3 Å². The number of anilines is 1. The highest BCUT2D eigenvalue weighted by Gasteiger charge is 2.32. The first-order chi connectivity index (χ1) is 11.6. The monoisotopic (exact) mass is 324 g/mol. The molecule has 0 unspecified atom stereocenters. The SMILES string of the molecule is C[C@H](C(=O)N1CCCc2ccccc21)N1CCc2c(ncn2C)C1. The second-order valence-corrected chi connectivity index (χ2v) is 6.87. The summed E-state index contributed by atoms with van der Waals surface area (Å²) in [6.45, 7) is 4.53. The summed E-state index contributed by atoms with van der Waals surface area (Å²) < 4.78 is 2.10. The smallest absolute Gasteiger partial charge is 0.244 e.